The van der Waals surface area contributed by atoms with Crippen LogP contribution in [0.5, 0.6) is 0 Å². The van der Waals surface area contributed by atoms with E-state index < -0.39 is 5.97 Å². The maximum atomic E-state index is 10.9. The summed E-state index contributed by atoms with van der Waals surface area (Å²) in [4.78, 5) is 13.2. The number of hydrogen-bond donors (Lipinski definition) is 2. The molecule has 4 nitrogen and oxygen atoms in total. The summed E-state index contributed by atoms with van der Waals surface area (Å²) in [6.45, 7) is 7.31. The maximum absolute atomic E-state index is 10.9. The van der Waals surface area contributed by atoms with Gasteiger partial charge in [0, 0.05) is 18.6 Å². The molecule has 1 aromatic carbocycles. The summed E-state index contributed by atoms with van der Waals surface area (Å²) in [6, 6.07) is 6.08. The van der Waals surface area contributed by atoms with E-state index in [-0.39, 0.29) is 0 Å². The molecule has 0 aromatic heterocycles. The molecule has 4 heteroatoms. The fourth-order valence-electron chi connectivity index (χ4n) is 2.42. The topological polar surface area (TPSA) is 52.6 Å². The van der Waals surface area contributed by atoms with Crippen molar-refractivity contribution in [1.82, 2.24) is 0 Å². The van der Waals surface area contributed by atoms with Crippen LogP contribution >= 0.6 is 0 Å². The fourth-order valence-corrected chi connectivity index (χ4v) is 2.42. The summed E-state index contributed by atoms with van der Waals surface area (Å²) in [5, 5.41) is 12.3. The van der Waals surface area contributed by atoms with Gasteiger partial charge in [0.05, 0.1) is 16.9 Å². The third kappa shape index (κ3) is 2.07. The van der Waals surface area contributed by atoms with Crippen molar-refractivity contribution in [2.75, 3.05) is 16.8 Å². The number of nitrogens with zero attached hydrogens (tertiary/aromatic N) is 1. The molecule has 1 unspecified atom stereocenters. The molecule has 1 aromatic rings. The Morgan fingerprint density at radius 2 is 2.24 bits per heavy atom. The fraction of sp³-hybridized carbons (Fsp3) is 0.462. The molecular formula is C13H18N2O2. The molecule has 0 aliphatic carbocycles. The van der Waals surface area contributed by atoms with Crippen LogP contribution in [0, 0.1) is 0 Å². The summed E-state index contributed by atoms with van der Waals surface area (Å²) >= 11 is 0. The van der Waals surface area contributed by atoms with Crippen LogP contribution in [-0.2, 0) is 0 Å². The quantitative estimate of drug-likeness (QED) is 0.825. The number of carbonyl (C=O) groups is 1. The lowest BCUT2D eigenvalue weighted by molar-refractivity contribution is 0.0697. The Morgan fingerprint density at radius 3 is 2.82 bits per heavy atom. The third-order valence-electron chi connectivity index (χ3n) is 3.14. The predicted octanol–water partition coefficient (Wildman–Crippen LogP) is 2.41. The molecule has 0 fully saturated rings. The number of aromatic carboxylic acids is 1. The Kier molecular flexibility index (Phi) is 2.96. The van der Waals surface area contributed by atoms with Crippen LogP contribution in [0.25, 0.3) is 0 Å². The molecule has 1 aliphatic heterocycles. The zero-order valence-corrected chi connectivity index (χ0v) is 10.4. The zero-order chi connectivity index (χ0) is 12.6. The van der Waals surface area contributed by atoms with E-state index in [9.17, 15) is 4.79 Å². The highest BCUT2D eigenvalue weighted by Crippen LogP contribution is 2.33. The first-order valence-corrected chi connectivity index (χ1v) is 5.90. The normalized spacial score (nSPS) is 18.8. The van der Waals surface area contributed by atoms with Crippen molar-refractivity contribution in [2.24, 2.45) is 0 Å². The van der Waals surface area contributed by atoms with Crippen molar-refractivity contribution < 1.29 is 9.90 Å². The second-order valence-corrected chi connectivity index (χ2v) is 4.77. The van der Waals surface area contributed by atoms with Crippen molar-refractivity contribution in [3.05, 3.63) is 23.8 Å². The van der Waals surface area contributed by atoms with Crippen LogP contribution in [-0.4, -0.2) is 29.7 Å². The van der Waals surface area contributed by atoms with Gasteiger partial charge in [0.1, 0.15) is 0 Å². The van der Waals surface area contributed by atoms with E-state index in [2.05, 4.69) is 31.0 Å². The Labute approximate surface area is 101 Å². The molecule has 0 radical (unpaired) electrons. The Bertz CT molecular complexity index is 443. The molecule has 2 rings (SSSR count). The monoisotopic (exact) mass is 234 g/mol. The van der Waals surface area contributed by atoms with Crippen LogP contribution in [0.15, 0.2) is 18.2 Å². The lowest BCUT2D eigenvalue weighted by Crippen LogP contribution is -2.46. The van der Waals surface area contributed by atoms with E-state index in [0.29, 0.717) is 17.6 Å². The van der Waals surface area contributed by atoms with Crippen molar-refractivity contribution in [3.63, 3.8) is 0 Å². The van der Waals surface area contributed by atoms with Gasteiger partial charge in [-0.3, -0.25) is 0 Å². The molecule has 1 heterocycles. The van der Waals surface area contributed by atoms with Crippen molar-refractivity contribution in [2.45, 2.75) is 32.9 Å². The number of anilines is 2. The Balaban J connectivity index is 2.44. The summed E-state index contributed by atoms with van der Waals surface area (Å²) in [5.74, 6) is -0.885. The molecule has 0 spiro atoms. The van der Waals surface area contributed by atoms with Gasteiger partial charge >= 0.3 is 5.97 Å². The zero-order valence-electron chi connectivity index (χ0n) is 10.4. The average Bonchev–Trinajstić information content (AvgIpc) is 2.27. The molecule has 17 heavy (non-hydrogen) atoms. The molecule has 0 bridgehead atoms. The van der Waals surface area contributed by atoms with E-state index in [1.165, 1.54) is 0 Å². The molecule has 92 valence electrons. The average molecular weight is 234 g/mol. The first kappa shape index (κ1) is 11.8. The second-order valence-electron chi connectivity index (χ2n) is 4.77. The van der Waals surface area contributed by atoms with E-state index in [1.54, 1.807) is 12.1 Å². The van der Waals surface area contributed by atoms with E-state index in [1.807, 2.05) is 6.07 Å². The minimum absolute atomic E-state index is 0.328. The van der Waals surface area contributed by atoms with Gasteiger partial charge in [0.25, 0.3) is 0 Å². The van der Waals surface area contributed by atoms with E-state index >= 15 is 0 Å². The molecule has 1 atom stereocenters. The van der Waals surface area contributed by atoms with Crippen molar-refractivity contribution in [1.29, 1.82) is 0 Å². The van der Waals surface area contributed by atoms with Gasteiger partial charge < -0.3 is 15.3 Å². The number of carboxylic acid groups (broad SMARTS) is 1. The molecule has 1 aliphatic rings. The highest BCUT2D eigenvalue weighted by Gasteiger charge is 2.25. The lowest BCUT2D eigenvalue weighted by Gasteiger charge is -2.40. The van der Waals surface area contributed by atoms with E-state index in [0.717, 1.165) is 17.9 Å². The lowest BCUT2D eigenvalue weighted by atomic mass is 10.1. The summed E-state index contributed by atoms with van der Waals surface area (Å²) in [5.41, 5.74) is 2.33. The highest BCUT2D eigenvalue weighted by atomic mass is 16.4. The van der Waals surface area contributed by atoms with E-state index in [4.69, 9.17) is 5.11 Å². The van der Waals surface area contributed by atoms with Gasteiger partial charge in [-0.15, -0.1) is 0 Å². The first-order chi connectivity index (χ1) is 8.00. The van der Waals surface area contributed by atoms with Crippen LogP contribution in [0.3, 0.4) is 0 Å². The number of hydrogen-bond acceptors (Lipinski definition) is 3. The SMILES string of the molecule is CC(C)N1c2ccc(C(=O)O)cc2NCC1C. The van der Waals surface area contributed by atoms with Crippen LogP contribution in [0.4, 0.5) is 11.4 Å². The minimum atomic E-state index is -0.885. The van der Waals surface area contributed by atoms with Crippen molar-refractivity contribution in [3.8, 4) is 0 Å². The van der Waals surface area contributed by atoms with Gasteiger partial charge in [0.2, 0.25) is 0 Å². The van der Waals surface area contributed by atoms with Gasteiger partial charge in [-0.25, -0.2) is 4.79 Å². The number of rotatable bonds is 2. The van der Waals surface area contributed by atoms with Crippen LogP contribution in [0.1, 0.15) is 31.1 Å². The molecule has 0 saturated heterocycles. The highest BCUT2D eigenvalue weighted by molar-refractivity contribution is 5.91. The molecule has 2 N–H and O–H groups in total. The van der Waals surface area contributed by atoms with Crippen LogP contribution < -0.4 is 10.2 Å². The number of fused-ring (bicyclic) bond motifs is 1. The van der Waals surface area contributed by atoms with Gasteiger partial charge in [0.15, 0.2) is 0 Å². The van der Waals surface area contributed by atoms with Gasteiger partial charge in [-0.05, 0) is 39.0 Å². The number of carboxylic acids is 1. The molecular weight excluding hydrogens is 216 g/mol. The Hall–Kier alpha value is -1.71. The second kappa shape index (κ2) is 4.28. The standard InChI is InChI=1S/C13H18N2O2/c1-8(2)15-9(3)7-14-11-6-10(13(16)17)4-5-12(11)15/h4-6,8-9,14H,7H2,1-3H3,(H,16,17). The third-order valence-corrected chi connectivity index (χ3v) is 3.14. The first-order valence-electron chi connectivity index (χ1n) is 5.90. The Morgan fingerprint density at radius 1 is 1.53 bits per heavy atom. The van der Waals surface area contributed by atoms with Crippen LogP contribution in [0.2, 0.25) is 0 Å². The molecule has 0 amide bonds. The number of benzene rings is 1. The summed E-state index contributed by atoms with van der Waals surface area (Å²) in [7, 11) is 0. The predicted molar refractivity (Wildman–Crippen MR) is 69.0 cm³/mol. The smallest absolute Gasteiger partial charge is 0.335 e. The van der Waals surface area contributed by atoms with Crippen molar-refractivity contribution >= 4 is 17.3 Å². The minimum Gasteiger partial charge on any atom is -0.478 e. The largest absolute Gasteiger partial charge is 0.478 e. The summed E-state index contributed by atoms with van der Waals surface area (Å²) < 4.78 is 0. The maximum Gasteiger partial charge on any atom is 0.335 e. The van der Waals surface area contributed by atoms with Gasteiger partial charge in [-0.1, -0.05) is 0 Å². The van der Waals surface area contributed by atoms with Gasteiger partial charge in [-0.2, -0.15) is 0 Å². The summed E-state index contributed by atoms with van der Waals surface area (Å²) in [6.07, 6.45) is 0. The molecule has 0 saturated carbocycles. The number of nitrogens with one attached hydrogen (secondary N) is 1.